The molecule has 0 heterocycles. The van der Waals surface area contributed by atoms with Gasteiger partial charge in [0.1, 0.15) is 0 Å². The Labute approximate surface area is 119 Å². The van der Waals surface area contributed by atoms with Gasteiger partial charge < -0.3 is 21.7 Å². The van der Waals surface area contributed by atoms with Gasteiger partial charge in [0.15, 0.2) is 0 Å². The van der Waals surface area contributed by atoms with Crippen molar-refractivity contribution >= 4 is 23.3 Å². The largest absolute Gasteiger partial charge is 0.336 e. The zero-order valence-electron chi connectivity index (χ0n) is 12.1. The summed E-state index contributed by atoms with van der Waals surface area (Å²) in [4.78, 5) is 23.5. The van der Waals surface area contributed by atoms with Crippen molar-refractivity contribution in [3.8, 4) is 0 Å². The van der Waals surface area contributed by atoms with Gasteiger partial charge >= 0.3 is 6.03 Å². The molecule has 0 radical (unpaired) electrons. The van der Waals surface area contributed by atoms with E-state index in [1.807, 2.05) is 20.8 Å². The first kappa shape index (κ1) is 16.0. The number of urea groups is 1. The molecule has 6 heteroatoms. The van der Waals surface area contributed by atoms with E-state index in [1.54, 1.807) is 24.3 Å². The maximum Gasteiger partial charge on any atom is 0.319 e. The standard InChI is InChI=1S/C14H22N4O2/c1-4-10(15)13(19)17-11-7-5-6-8-12(11)18-14(20)16-9(2)3/h5-10H,4,15H2,1-3H3,(H,17,19)(H2,16,18,20)/t10-/m0/s1. The Kier molecular flexibility index (Phi) is 5.99. The topological polar surface area (TPSA) is 96.2 Å². The van der Waals surface area contributed by atoms with E-state index in [0.29, 0.717) is 17.8 Å². The molecule has 20 heavy (non-hydrogen) atoms. The number of benzene rings is 1. The molecule has 1 aromatic rings. The van der Waals surface area contributed by atoms with Crippen molar-refractivity contribution in [2.75, 3.05) is 10.6 Å². The van der Waals surface area contributed by atoms with Crippen molar-refractivity contribution in [2.45, 2.75) is 39.3 Å². The first-order chi connectivity index (χ1) is 9.43. The lowest BCUT2D eigenvalue weighted by Gasteiger charge is -2.15. The first-order valence-electron chi connectivity index (χ1n) is 6.67. The summed E-state index contributed by atoms with van der Waals surface area (Å²) in [7, 11) is 0. The van der Waals surface area contributed by atoms with Gasteiger partial charge in [0.2, 0.25) is 5.91 Å². The summed E-state index contributed by atoms with van der Waals surface area (Å²) in [6.07, 6.45) is 0.551. The van der Waals surface area contributed by atoms with Crippen LogP contribution >= 0.6 is 0 Å². The minimum Gasteiger partial charge on any atom is -0.336 e. The minimum absolute atomic E-state index is 0.0327. The summed E-state index contributed by atoms with van der Waals surface area (Å²) >= 11 is 0. The zero-order chi connectivity index (χ0) is 15.1. The highest BCUT2D eigenvalue weighted by atomic mass is 16.2. The second-order valence-electron chi connectivity index (χ2n) is 4.80. The smallest absolute Gasteiger partial charge is 0.319 e. The van der Waals surface area contributed by atoms with Crippen molar-refractivity contribution < 1.29 is 9.59 Å². The summed E-state index contributed by atoms with van der Waals surface area (Å²) in [5.74, 6) is -0.272. The van der Waals surface area contributed by atoms with Crippen LogP contribution in [0.4, 0.5) is 16.2 Å². The van der Waals surface area contributed by atoms with E-state index in [0.717, 1.165) is 0 Å². The lowest BCUT2D eigenvalue weighted by Crippen LogP contribution is -2.36. The quantitative estimate of drug-likeness (QED) is 0.662. The van der Waals surface area contributed by atoms with Gasteiger partial charge in [-0.05, 0) is 32.4 Å². The van der Waals surface area contributed by atoms with Crippen molar-refractivity contribution in [3.63, 3.8) is 0 Å². The van der Waals surface area contributed by atoms with E-state index >= 15 is 0 Å². The predicted octanol–water partition coefficient (Wildman–Crippen LogP) is 1.89. The molecule has 0 saturated heterocycles. The molecular formula is C14H22N4O2. The van der Waals surface area contributed by atoms with Crippen LogP contribution in [-0.2, 0) is 4.79 Å². The van der Waals surface area contributed by atoms with Crippen molar-refractivity contribution in [3.05, 3.63) is 24.3 Å². The summed E-state index contributed by atoms with van der Waals surface area (Å²) < 4.78 is 0. The first-order valence-corrected chi connectivity index (χ1v) is 6.67. The van der Waals surface area contributed by atoms with Crippen molar-refractivity contribution in [2.24, 2.45) is 5.73 Å². The van der Waals surface area contributed by atoms with Gasteiger partial charge in [0.05, 0.1) is 17.4 Å². The number of amides is 3. The minimum atomic E-state index is -0.562. The summed E-state index contributed by atoms with van der Waals surface area (Å²) in [6.45, 7) is 5.57. The fraction of sp³-hybridized carbons (Fsp3) is 0.429. The second-order valence-corrected chi connectivity index (χ2v) is 4.80. The van der Waals surface area contributed by atoms with Gasteiger partial charge in [-0.15, -0.1) is 0 Å². The van der Waals surface area contributed by atoms with Gasteiger partial charge in [0.25, 0.3) is 0 Å². The number of nitrogens with two attached hydrogens (primary N) is 1. The number of hydrogen-bond donors (Lipinski definition) is 4. The van der Waals surface area contributed by atoms with Gasteiger partial charge in [-0.25, -0.2) is 4.79 Å². The Morgan fingerprint density at radius 3 is 2.20 bits per heavy atom. The average Bonchev–Trinajstić information content (AvgIpc) is 2.39. The molecule has 0 aliphatic heterocycles. The molecule has 1 atom stereocenters. The molecule has 6 nitrogen and oxygen atoms in total. The molecule has 5 N–H and O–H groups in total. The number of nitrogens with one attached hydrogen (secondary N) is 3. The molecular weight excluding hydrogens is 256 g/mol. The zero-order valence-corrected chi connectivity index (χ0v) is 12.1. The Hall–Kier alpha value is -2.08. The number of carbonyl (C=O) groups excluding carboxylic acids is 2. The highest BCUT2D eigenvalue weighted by Crippen LogP contribution is 2.21. The lowest BCUT2D eigenvalue weighted by atomic mass is 10.2. The van der Waals surface area contributed by atoms with Crippen LogP contribution in [0, 0.1) is 0 Å². The Bertz CT molecular complexity index is 474. The monoisotopic (exact) mass is 278 g/mol. The van der Waals surface area contributed by atoms with E-state index in [1.165, 1.54) is 0 Å². The van der Waals surface area contributed by atoms with Crippen LogP contribution in [0.15, 0.2) is 24.3 Å². The highest BCUT2D eigenvalue weighted by Gasteiger charge is 2.14. The van der Waals surface area contributed by atoms with Crippen LogP contribution in [0.5, 0.6) is 0 Å². The SMILES string of the molecule is CC[C@H](N)C(=O)Nc1ccccc1NC(=O)NC(C)C. The van der Waals surface area contributed by atoms with Crippen LogP contribution in [0.1, 0.15) is 27.2 Å². The number of carbonyl (C=O) groups is 2. The number of hydrogen-bond acceptors (Lipinski definition) is 3. The molecule has 0 aliphatic carbocycles. The molecule has 1 aromatic carbocycles. The Morgan fingerprint density at radius 2 is 1.70 bits per heavy atom. The molecule has 0 spiro atoms. The predicted molar refractivity (Wildman–Crippen MR) is 80.6 cm³/mol. The number of anilines is 2. The normalized spacial score (nSPS) is 11.8. The van der Waals surface area contributed by atoms with Crippen LogP contribution in [-0.4, -0.2) is 24.0 Å². The lowest BCUT2D eigenvalue weighted by molar-refractivity contribution is -0.117. The van der Waals surface area contributed by atoms with Crippen molar-refractivity contribution in [1.82, 2.24) is 5.32 Å². The Balaban J connectivity index is 2.78. The maximum absolute atomic E-state index is 11.8. The third-order valence-electron chi connectivity index (χ3n) is 2.63. The third kappa shape index (κ3) is 4.89. The number of rotatable bonds is 5. The van der Waals surface area contributed by atoms with Gasteiger partial charge in [0, 0.05) is 6.04 Å². The van der Waals surface area contributed by atoms with Crippen molar-refractivity contribution in [1.29, 1.82) is 0 Å². The van der Waals surface area contributed by atoms with Crippen LogP contribution in [0.25, 0.3) is 0 Å². The molecule has 1 rings (SSSR count). The molecule has 0 aliphatic rings. The van der Waals surface area contributed by atoms with E-state index in [-0.39, 0.29) is 18.0 Å². The molecule has 0 fully saturated rings. The van der Waals surface area contributed by atoms with Gasteiger partial charge in [-0.2, -0.15) is 0 Å². The molecule has 3 amide bonds. The molecule has 0 saturated carbocycles. The fourth-order valence-corrected chi connectivity index (χ4v) is 1.53. The summed E-state index contributed by atoms with van der Waals surface area (Å²) in [6, 6.07) is 6.14. The third-order valence-corrected chi connectivity index (χ3v) is 2.63. The van der Waals surface area contributed by atoms with E-state index in [4.69, 9.17) is 5.73 Å². The van der Waals surface area contributed by atoms with E-state index in [2.05, 4.69) is 16.0 Å². The van der Waals surface area contributed by atoms with Crippen LogP contribution in [0.2, 0.25) is 0 Å². The highest BCUT2D eigenvalue weighted by molar-refractivity contribution is 6.00. The maximum atomic E-state index is 11.8. The van der Waals surface area contributed by atoms with E-state index < -0.39 is 6.04 Å². The van der Waals surface area contributed by atoms with Gasteiger partial charge in [-0.1, -0.05) is 19.1 Å². The van der Waals surface area contributed by atoms with Gasteiger partial charge in [-0.3, -0.25) is 4.79 Å². The summed E-state index contributed by atoms with van der Waals surface area (Å²) in [5.41, 5.74) is 6.73. The average molecular weight is 278 g/mol. The molecule has 0 unspecified atom stereocenters. The molecule has 110 valence electrons. The van der Waals surface area contributed by atoms with Crippen LogP contribution in [0.3, 0.4) is 0 Å². The molecule has 0 aromatic heterocycles. The Morgan fingerprint density at radius 1 is 1.15 bits per heavy atom. The van der Waals surface area contributed by atoms with Crippen LogP contribution < -0.4 is 21.7 Å². The summed E-state index contributed by atoms with van der Waals surface area (Å²) in [5, 5.41) is 8.13. The second kappa shape index (κ2) is 7.49. The fourth-order valence-electron chi connectivity index (χ4n) is 1.53. The number of para-hydroxylation sites is 2. The molecule has 0 bridgehead atoms. The van der Waals surface area contributed by atoms with E-state index in [9.17, 15) is 9.59 Å².